The molecule has 1 aromatic rings. The molecule has 1 heterocycles. The monoisotopic (exact) mass is 383 g/mol. The Morgan fingerprint density at radius 1 is 1.19 bits per heavy atom. The molecule has 26 heavy (non-hydrogen) atoms. The van der Waals surface area contributed by atoms with Crippen LogP contribution in [0.3, 0.4) is 0 Å². The maximum absolute atomic E-state index is 9.95. The van der Waals surface area contributed by atoms with E-state index in [0.717, 1.165) is 5.57 Å². The van der Waals surface area contributed by atoms with Crippen molar-refractivity contribution in [2.24, 2.45) is 17.1 Å². The average molecular weight is 384 g/mol. The molecule has 1 aromatic carbocycles. The van der Waals surface area contributed by atoms with Crippen LogP contribution in [-0.2, 0) is 0 Å². The highest BCUT2D eigenvalue weighted by molar-refractivity contribution is 6.42. The van der Waals surface area contributed by atoms with Crippen molar-refractivity contribution in [3.05, 3.63) is 56.7 Å². The fourth-order valence-corrected chi connectivity index (χ4v) is 4.21. The molecule has 3 rings (SSSR count). The van der Waals surface area contributed by atoms with Crippen LogP contribution < -0.4 is 5.73 Å². The third kappa shape index (κ3) is 2.56. The van der Waals surface area contributed by atoms with Gasteiger partial charge in [0.1, 0.15) is 6.07 Å². The van der Waals surface area contributed by atoms with Crippen molar-refractivity contribution in [3.8, 4) is 18.2 Å². The number of nitrogens with zero attached hydrogens (tertiary/aromatic N) is 4. The number of nitrogens with two attached hydrogens (primary N) is 1. The molecule has 0 saturated heterocycles. The second kappa shape index (κ2) is 6.67. The van der Waals surface area contributed by atoms with Gasteiger partial charge in [0.25, 0.3) is 0 Å². The fourth-order valence-electron chi connectivity index (χ4n) is 3.91. The number of fused-ring (bicyclic) bond motifs is 1. The normalized spacial score (nSPS) is 24.7. The van der Waals surface area contributed by atoms with Gasteiger partial charge in [0.2, 0.25) is 0 Å². The summed E-state index contributed by atoms with van der Waals surface area (Å²) in [5, 5.41) is 30.3. The van der Waals surface area contributed by atoms with Gasteiger partial charge in [0.05, 0.1) is 33.5 Å². The van der Waals surface area contributed by atoms with Gasteiger partial charge in [0.15, 0.2) is 5.41 Å². The van der Waals surface area contributed by atoms with Crippen LogP contribution >= 0.6 is 23.2 Å². The van der Waals surface area contributed by atoms with Gasteiger partial charge < -0.3 is 10.6 Å². The van der Waals surface area contributed by atoms with E-state index in [-0.39, 0.29) is 17.2 Å². The molecule has 0 amide bonds. The smallest absolute Gasteiger partial charge is 0.191 e. The van der Waals surface area contributed by atoms with E-state index in [1.807, 2.05) is 13.1 Å². The summed E-state index contributed by atoms with van der Waals surface area (Å²) in [7, 11) is 1.95. The van der Waals surface area contributed by atoms with E-state index in [1.54, 1.807) is 18.2 Å². The van der Waals surface area contributed by atoms with Gasteiger partial charge in [-0.05, 0) is 30.3 Å². The maximum atomic E-state index is 9.95. The molecule has 1 aliphatic heterocycles. The molecule has 5 nitrogen and oxygen atoms in total. The highest BCUT2D eigenvalue weighted by atomic mass is 35.5. The molecule has 0 radical (unpaired) electrons. The summed E-state index contributed by atoms with van der Waals surface area (Å²) in [6.45, 7) is 1.27. The van der Waals surface area contributed by atoms with E-state index >= 15 is 0 Å². The van der Waals surface area contributed by atoms with E-state index in [0.29, 0.717) is 28.7 Å². The van der Waals surface area contributed by atoms with Gasteiger partial charge in [-0.3, -0.25) is 0 Å². The predicted molar refractivity (Wildman–Crippen MR) is 98.8 cm³/mol. The highest BCUT2D eigenvalue weighted by Gasteiger charge is 2.54. The molecule has 2 aliphatic rings. The first-order valence-corrected chi connectivity index (χ1v) is 8.72. The van der Waals surface area contributed by atoms with E-state index in [1.165, 1.54) is 0 Å². The number of hydrogen-bond acceptors (Lipinski definition) is 5. The Morgan fingerprint density at radius 3 is 2.46 bits per heavy atom. The van der Waals surface area contributed by atoms with Gasteiger partial charge in [-0.2, -0.15) is 15.8 Å². The van der Waals surface area contributed by atoms with Crippen molar-refractivity contribution < 1.29 is 0 Å². The predicted octanol–water partition coefficient (Wildman–Crippen LogP) is 3.35. The first-order valence-electron chi connectivity index (χ1n) is 7.96. The number of allylic oxidation sites excluding steroid dienone is 2. The summed E-state index contributed by atoms with van der Waals surface area (Å²) in [6, 6.07) is 11.4. The Kier molecular flexibility index (Phi) is 4.70. The minimum absolute atomic E-state index is 0.00752. The van der Waals surface area contributed by atoms with Crippen LogP contribution in [-0.4, -0.2) is 25.0 Å². The molecule has 0 bridgehead atoms. The second-order valence-corrected chi connectivity index (χ2v) is 7.38. The quantitative estimate of drug-likeness (QED) is 0.800. The van der Waals surface area contributed by atoms with Gasteiger partial charge in [-0.1, -0.05) is 35.3 Å². The van der Waals surface area contributed by atoms with Crippen molar-refractivity contribution in [1.82, 2.24) is 4.90 Å². The van der Waals surface area contributed by atoms with Gasteiger partial charge in [-0.25, -0.2) is 0 Å². The van der Waals surface area contributed by atoms with Crippen LogP contribution in [0, 0.1) is 45.3 Å². The van der Waals surface area contributed by atoms with Crippen LogP contribution in [0.25, 0.3) is 0 Å². The molecular formula is C19H15Cl2N5. The second-order valence-electron chi connectivity index (χ2n) is 6.57. The molecule has 130 valence electrons. The number of rotatable bonds is 1. The summed E-state index contributed by atoms with van der Waals surface area (Å²) in [6.07, 6.45) is 1.95. The lowest BCUT2D eigenvalue weighted by molar-refractivity contribution is 0.237. The van der Waals surface area contributed by atoms with Crippen molar-refractivity contribution in [3.63, 3.8) is 0 Å². The number of halogens is 2. The molecule has 2 atom stereocenters. The van der Waals surface area contributed by atoms with Crippen molar-refractivity contribution in [2.45, 2.75) is 5.92 Å². The number of nitriles is 3. The Bertz CT molecular complexity index is 944. The van der Waals surface area contributed by atoms with Crippen LogP contribution in [0.4, 0.5) is 0 Å². The first-order chi connectivity index (χ1) is 12.4. The third-order valence-corrected chi connectivity index (χ3v) is 5.89. The molecule has 2 N–H and O–H groups in total. The summed E-state index contributed by atoms with van der Waals surface area (Å²) < 4.78 is 0. The third-order valence-electron chi connectivity index (χ3n) is 5.15. The van der Waals surface area contributed by atoms with Crippen molar-refractivity contribution in [2.75, 3.05) is 20.1 Å². The Morgan fingerprint density at radius 2 is 1.88 bits per heavy atom. The molecule has 0 unspecified atom stereocenters. The minimum atomic E-state index is -1.65. The summed E-state index contributed by atoms with van der Waals surface area (Å²) in [5.41, 5.74) is 6.32. The van der Waals surface area contributed by atoms with Gasteiger partial charge in [0, 0.05) is 24.9 Å². The fraction of sp³-hybridized carbons (Fsp3) is 0.316. The molecule has 0 fully saturated rings. The Balaban J connectivity index is 2.34. The lowest BCUT2D eigenvalue weighted by Crippen LogP contribution is -2.47. The average Bonchev–Trinajstić information content (AvgIpc) is 2.63. The van der Waals surface area contributed by atoms with Crippen LogP contribution in [0.5, 0.6) is 0 Å². The highest BCUT2D eigenvalue weighted by Crippen LogP contribution is 2.54. The standard InChI is InChI=1S/C19H15Cl2N5/c1-26-5-4-12-13(7-22)18(25)19(9-23,10-24)17(14(12)8-26)11-2-3-15(20)16(21)6-11/h2-4,6,14,17H,5,8,25H2,1H3/t14-,17+/m0/s1. The van der Waals surface area contributed by atoms with Crippen LogP contribution in [0.15, 0.2) is 41.1 Å². The number of hydrogen-bond donors (Lipinski definition) is 1. The number of likely N-dealkylation sites (N-methyl/N-ethyl adjacent to an activating group) is 1. The summed E-state index contributed by atoms with van der Waals surface area (Å²) in [4.78, 5) is 2.08. The SMILES string of the molecule is CN1CC=C2C(C#N)=C(N)C(C#N)(C#N)[C@H](c3ccc(Cl)c(Cl)c3)[C@H]2C1. The zero-order chi connectivity index (χ0) is 19.1. The summed E-state index contributed by atoms with van der Waals surface area (Å²) in [5.74, 6) is -0.786. The van der Waals surface area contributed by atoms with Crippen molar-refractivity contribution in [1.29, 1.82) is 15.8 Å². The number of benzene rings is 1. The zero-order valence-corrected chi connectivity index (χ0v) is 15.5. The molecule has 7 heteroatoms. The largest absolute Gasteiger partial charge is 0.399 e. The molecule has 0 aromatic heterocycles. The molecule has 0 saturated carbocycles. The topological polar surface area (TPSA) is 101 Å². The van der Waals surface area contributed by atoms with Crippen LogP contribution in [0.1, 0.15) is 11.5 Å². The molecule has 0 spiro atoms. The minimum Gasteiger partial charge on any atom is -0.399 e. The first kappa shape index (κ1) is 18.3. The van der Waals surface area contributed by atoms with Gasteiger partial charge >= 0.3 is 0 Å². The molecular weight excluding hydrogens is 369 g/mol. The Labute approximate surface area is 162 Å². The lowest BCUT2D eigenvalue weighted by atomic mass is 9.58. The summed E-state index contributed by atoms with van der Waals surface area (Å²) >= 11 is 12.2. The van der Waals surface area contributed by atoms with Crippen molar-refractivity contribution >= 4 is 23.2 Å². The maximum Gasteiger partial charge on any atom is 0.191 e. The van der Waals surface area contributed by atoms with E-state index < -0.39 is 11.3 Å². The van der Waals surface area contributed by atoms with E-state index in [4.69, 9.17) is 28.9 Å². The van der Waals surface area contributed by atoms with E-state index in [2.05, 4.69) is 23.1 Å². The van der Waals surface area contributed by atoms with Crippen LogP contribution in [0.2, 0.25) is 10.0 Å². The van der Waals surface area contributed by atoms with Gasteiger partial charge in [-0.15, -0.1) is 0 Å². The Hall–Kier alpha value is -2.49. The van der Waals surface area contributed by atoms with E-state index in [9.17, 15) is 15.8 Å². The lowest BCUT2D eigenvalue weighted by Gasteiger charge is -2.45. The molecule has 1 aliphatic carbocycles. The zero-order valence-electron chi connectivity index (χ0n) is 14.0.